The minimum atomic E-state index is -1.47. The van der Waals surface area contributed by atoms with Crippen molar-refractivity contribution in [2.24, 2.45) is 5.73 Å². The second-order valence-electron chi connectivity index (χ2n) is 9.90. The molecule has 4 N–H and O–H groups in total. The molecule has 188 valence electrons. The number of nitrogens with two attached hydrogens (primary N) is 1. The fourth-order valence-electron chi connectivity index (χ4n) is 3.10. The Bertz CT molecular complexity index is 1020. The lowest BCUT2D eigenvalue weighted by atomic mass is 9.99. The van der Waals surface area contributed by atoms with Gasteiger partial charge in [0.05, 0.1) is 12.5 Å². The Hall–Kier alpha value is -4.05. The summed E-state index contributed by atoms with van der Waals surface area (Å²) in [6.45, 7) is 9.67. The third kappa shape index (κ3) is 9.76. The van der Waals surface area contributed by atoms with Gasteiger partial charge in [-0.3, -0.25) is 14.4 Å². The maximum atomic E-state index is 13.6. The summed E-state index contributed by atoms with van der Waals surface area (Å²) in [6, 6.07) is 5.49. The van der Waals surface area contributed by atoms with Crippen molar-refractivity contribution >= 4 is 23.8 Å². The lowest BCUT2D eigenvalue weighted by Gasteiger charge is -2.34. The summed E-state index contributed by atoms with van der Waals surface area (Å²) >= 11 is 0. The van der Waals surface area contributed by atoms with Crippen molar-refractivity contribution < 1.29 is 23.9 Å². The van der Waals surface area contributed by atoms with E-state index in [1.54, 1.807) is 65.8 Å². The van der Waals surface area contributed by atoms with Crippen LogP contribution < -0.4 is 16.4 Å². The van der Waals surface area contributed by atoms with Crippen LogP contribution in [0.15, 0.2) is 24.3 Å². The zero-order valence-electron chi connectivity index (χ0n) is 21.0. The van der Waals surface area contributed by atoms with E-state index in [4.69, 9.17) is 16.9 Å². The number of benzene rings is 1. The fourth-order valence-corrected chi connectivity index (χ4v) is 3.10. The van der Waals surface area contributed by atoms with Gasteiger partial charge in [0.2, 0.25) is 17.7 Å². The summed E-state index contributed by atoms with van der Waals surface area (Å²) in [4.78, 5) is 51.9. The van der Waals surface area contributed by atoms with Crippen molar-refractivity contribution in [2.45, 2.75) is 71.2 Å². The van der Waals surface area contributed by atoms with E-state index >= 15 is 0 Å². The predicted octanol–water partition coefficient (Wildman–Crippen LogP) is 1.74. The second kappa shape index (κ2) is 11.9. The highest BCUT2D eigenvalue weighted by molar-refractivity contribution is 5.94. The van der Waals surface area contributed by atoms with Crippen LogP contribution in [0.2, 0.25) is 0 Å². The number of amides is 4. The molecular weight excluding hydrogens is 450 g/mol. The van der Waals surface area contributed by atoms with E-state index < -0.39 is 60.0 Å². The van der Waals surface area contributed by atoms with Crippen molar-refractivity contribution in [3.63, 3.8) is 0 Å². The normalized spacial score (nSPS) is 12.8. The zero-order chi connectivity index (χ0) is 27.0. The van der Waals surface area contributed by atoms with E-state index in [2.05, 4.69) is 16.6 Å². The minimum absolute atomic E-state index is 0.379. The van der Waals surface area contributed by atoms with Crippen molar-refractivity contribution in [3.05, 3.63) is 35.4 Å². The first-order valence-electron chi connectivity index (χ1n) is 10.9. The zero-order valence-corrected chi connectivity index (χ0v) is 21.0. The van der Waals surface area contributed by atoms with E-state index in [0.717, 1.165) is 4.90 Å². The monoisotopic (exact) mass is 483 g/mol. The number of nitrogens with zero attached hydrogens (tertiary/aromatic N) is 2. The summed E-state index contributed by atoms with van der Waals surface area (Å²) in [6.07, 6.45) is 3.90. The Morgan fingerprint density at radius 3 is 2.11 bits per heavy atom. The Balaban J connectivity index is 3.51. The Morgan fingerprint density at radius 2 is 1.69 bits per heavy atom. The average Bonchev–Trinajstić information content (AvgIpc) is 2.69. The Labute approximate surface area is 206 Å². The van der Waals surface area contributed by atoms with Crippen LogP contribution in [0.3, 0.4) is 0 Å². The molecule has 0 radical (unpaired) electrons. The van der Waals surface area contributed by atoms with Gasteiger partial charge in [-0.05, 0) is 59.2 Å². The maximum absolute atomic E-state index is 13.6. The molecule has 1 aromatic rings. The third-order valence-corrected chi connectivity index (χ3v) is 4.37. The molecule has 0 saturated heterocycles. The summed E-state index contributed by atoms with van der Waals surface area (Å²) in [5.41, 5.74) is 4.71. The van der Waals surface area contributed by atoms with Crippen molar-refractivity contribution in [1.29, 1.82) is 5.26 Å². The van der Waals surface area contributed by atoms with Gasteiger partial charge in [-0.15, -0.1) is 6.42 Å². The van der Waals surface area contributed by atoms with Gasteiger partial charge in [-0.1, -0.05) is 18.1 Å². The van der Waals surface area contributed by atoms with Crippen molar-refractivity contribution in [1.82, 2.24) is 15.5 Å². The van der Waals surface area contributed by atoms with Gasteiger partial charge in [-0.2, -0.15) is 5.26 Å². The van der Waals surface area contributed by atoms with Crippen LogP contribution in [-0.2, 0) is 19.1 Å². The molecule has 2 unspecified atom stereocenters. The highest BCUT2D eigenvalue weighted by Gasteiger charge is 2.37. The lowest BCUT2D eigenvalue weighted by molar-refractivity contribution is -0.143. The fraction of sp³-hybridized carbons (Fsp3) is 0.480. The second-order valence-corrected chi connectivity index (χ2v) is 9.90. The number of ether oxygens (including phenoxy) is 1. The smallest absolute Gasteiger partial charge is 0.408 e. The highest BCUT2D eigenvalue weighted by Crippen LogP contribution is 2.24. The molecule has 0 aliphatic carbocycles. The molecule has 0 aromatic heterocycles. The number of terminal acetylenes is 1. The number of nitrogens with one attached hydrogen (secondary N) is 2. The van der Waals surface area contributed by atoms with Gasteiger partial charge in [0.25, 0.3) is 0 Å². The van der Waals surface area contributed by atoms with Crippen molar-refractivity contribution in [2.75, 3.05) is 6.54 Å². The molecule has 0 saturated carbocycles. The van der Waals surface area contributed by atoms with Crippen molar-refractivity contribution in [3.8, 4) is 18.4 Å². The van der Waals surface area contributed by atoms with E-state index in [1.807, 2.05) is 6.07 Å². The summed E-state index contributed by atoms with van der Waals surface area (Å²) in [5.74, 6) is 0.181. The summed E-state index contributed by atoms with van der Waals surface area (Å²) in [7, 11) is 0. The first-order valence-corrected chi connectivity index (χ1v) is 10.9. The molecule has 0 heterocycles. The summed E-state index contributed by atoms with van der Waals surface area (Å²) in [5, 5.41) is 14.6. The van der Waals surface area contributed by atoms with Gasteiger partial charge in [0.15, 0.2) is 0 Å². The van der Waals surface area contributed by atoms with Gasteiger partial charge >= 0.3 is 6.09 Å². The molecule has 0 bridgehead atoms. The number of hydrogen-bond donors (Lipinski definition) is 3. The standard InChI is InChI=1S/C25H33N5O5/c1-8-16-9-11-17(12-10-16)20(21(32)29-24(2,3)4)30(14-13-26)22(33)18(15-19(27)31)28-23(34)35-25(5,6)7/h1,9-12,18,20H,14-15H2,2-7H3,(H2,27,31)(H,28,34)(H,29,32). The minimum Gasteiger partial charge on any atom is -0.444 e. The Kier molecular flexibility index (Phi) is 9.84. The van der Waals surface area contributed by atoms with Crippen LogP contribution in [0.25, 0.3) is 0 Å². The number of hydrogen-bond acceptors (Lipinski definition) is 6. The molecule has 1 aromatic carbocycles. The topological polar surface area (TPSA) is 155 Å². The molecule has 0 fully saturated rings. The highest BCUT2D eigenvalue weighted by atomic mass is 16.6. The van der Waals surface area contributed by atoms with Crippen LogP contribution in [0.5, 0.6) is 0 Å². The van der Waals surface area contributed by atoms with E-state index in [0.29, 0.717) is 11.1 Å². The molecule has 4 amide bonds. The maximum Gasteiger partial charge on any atom is 0.408 e. The molecule has 0 aliphatic heterocycles. The van der Waals surface area contributed by atoms with Gasteiger partial charge in [0, 0.05) is 11.1 Å². The molecule has 0 spiro atoms. The quantitative estimate of drug-likeness (QED) is 0.378. The lowest BCUT2D eigenvalue weighted by Crippen LogP contribution is -2.55. The van der Waals surface area contributed by atoms with E-state index in [1.165, 1.54) is 0 Å². The molecular formula is C25H33N5O5. The first kappa shape index (κ1) is 29.0. The van der Waals surface area contributed by atoms with E-state index in [-0.39, 0.29) is 0 Å². The van der Waals surface area contributed by atoms with Gasteiger partial charge in [0.1, 0.15) is 24.2 Å². The van der Waals surface area contributed by atoms with Crippen LogP contribution in [-0.4, -0.2) is 52.4 Å². The Morgan fingerprint density at radius 1 is 1.11 bits per heavy atom. The molecule has 10 heteroatoms. The van der Waals surface area contributed by atoms with Crippen LogP contribution >= 0.6 is 0 Å². The number of carbonyl (C=O) groups is 4. The van der Waals surface area contributed by atoms with Gasteiger partial charge < -0.3 is 26.0 Å². The van der Waals surface area contributed by atoms with Crippen LogP contribution in [0.4, 0.5) is 4.79 Å². The SMILES string of the molecule is C#Cc1ccc(C(C(=O)NC(C)(C)C)N(CC#N)C(=O)C(CC(N)=O)NC(=O)OC(C)(C)C)cc1. The van der Waals surface area contributed by atoms with E-state index in [9.17, 15) is 24.4 Å². The number of rotatable bonds is 8. The largest absolute Gasteiger partial charge is 0.444 e. The van der Waals surface area contributed by atoms with Crippen LogP contribution in [0.1, 0.15) is 65.1 Å². The number of carbonyl (C=O) groups excluding carboxylic acids is 4. The number of primary amides is 1. The molecule has 10 nitrogen and oxygen atoms in total. The molecule has 0 aliphatic rings. The van der Waals surface area contributed by atoms with Crippen LogP contribution in [0, 0.1) is 23.7 Å². The van der Waals surface area contributed by atoms with Gasteiger partial charge in [-0.25, -0.2) is 4.79 Å². The molecule has 2 atom stereocenters. The third-order valence-electron chi connectivity index (χ3n) is 4.37. The average molecular weight is 484 g/mol. The number of alkyl carbamates (subject to hydrolysis) is 1. The summed E-state index contributed by atoms with van der Waals surface area (Å²) < 4.78 is 5.19. The molecule has 1 rings (SSSR count). The number of nitriles is 1. The predicted molar refractivity (Wildman–Crippen MR) is 129 cm³/mol. The molecule has 35 heavy (non-hydrogen) atoms. The first-order chi connectivity index (χ1) is 16.1.